The maximum absolute atomic E-state index is 11.8. The summed E-state index contributed by atoms with van der Waals surface area (Å²) in [4.78, 5) is 11.8. The van der Waals surface area contributed by atoms with Crippen molar-refractivity contribution in [1.29, 1.82) is 0 Å². The Morgan fingerprint density at radius 1 is 1.12 bits per heavy atom. The third kappa shape index (κ3) is 3.59. The molecule has 25 heavy (non-hydrogen) atoms. The van der Waals surface area contributed by atoms with Crippen molar-refractivity contribution in [1.82, 2.24) is 0 Å². The minimum atomic E-state index is -1.84. The quantitative estimate of drug-likeness (QED) is 0.458. The van der Waals surface area contributed by atoms with E-state index in [1.807, 2.05) is 18.2 Å². The Morgan fingerprint density at radius 2 is 1.64 bits per heavy atom. The van der Waals surface area contributed by atoms with Crippen molar-refractivity contribution in [2.45, 2.75) is 76.4 Å². The topological polar surface area (TPSA) is 37.3 Å². The number of carboxylic acid groups (broad SMARTS) is 1. The van der Waals surface area contributed by atoms with Crippen LogP contribution in [0.25, 0.3) is 0 Å². The summed E-state index contributed by atoms with van der Waals surface area (Å²) in [6.07, 6.45) is 1.42. The predicted molar refractivity (Wildman–Crippen MR) is 111 cm³/mol. The van der Waals surface area contributed by atoms with Crippen LogP contribution in [0.3, 0.4) is 0 Å². The van der Waals surface area contributed by atoms with Crippen LogP contribution in [0, 0.1) is 11.5 Å². The predicted octanol–water partition coefficient (Wildman–Crippen LogP) is 6.13. The molecule has 0 radical (unpaired) electrons. The maximum Gasteiger partial charge on any atom is 0.314 e. The number of carboxylic acids is 1. The second-order valence-electron chi connectivity index (χ2n) is 8.22. The molecule has 1 fully saturated rings. The minimum absolute atomic E-state index is 0.560. The Bertz CT molecular complexity index is 699. The van der Waals surface area contributed by atoms with E-state index in [1.54, 1.807) is 0 Å². The minimum Gasteiger partial charge on any atom is -0.481 e. The first-order valence-corrected chi connectivity index (χ1v) is 12.2. The highest BCUT2D eigenvalue weighted by molar-refractivity contribution is 9.10. The van der Waals surface area contributed by atoms with Gasteiger partial charge >= 0.3 is 5.97 Å². The molecule has 136 valence electrons. The Balaban J connectivity index is 2.60. The third-order valence-electron chi connectivity index (χ3n) is 5.94. The van der Waals surface area contributed by atoms with Crippen LogP contribution in [0.4, 0.5) is 0 Å². The van der Waals surface area contributed by atoms with Gasteiger partial charge in [0.15, 0.2) is 0 Å². The molecule has 4 heteroatoms. The molecule has 0 aliphatic heterocycles. The molecule has 2 nitrogen and oxygen atoms in total. The number of hydrogen-bond acceptors (Lipinski definition) is 1. The van der Waals surface area contributed by atoms with Crippen LogP contribution in [-0.4, -0.2) is 19.1 Å². The SMILES string of the molecule is CC(C)[Si](C#Cc1cc(Br)ccc1C1(C(=O)O)CC1)(C(C)C)C(C)C. The van der Waals surface area contributed by atoms with Crippen molar-refractivity contribution in [3.63, 3.8) is 0 Å². The lowest BCUT2D eigenvalue weighted by Gasteiger charge is -2.38. The van der Waals surface area contributed by atoms with Gasteiger partial charge in [-0.15, -0.1) is 5.54 Å². The van der Waals surface area contributed by atoms with Crippen LogP contribution in [0.2, 0.25) is 16.6 Å². The molecule has 0 atom stereocenters. The fourth-order valence-corrected chi connectivity index (χ4v) is 9.95. The molecule has 0 saturated heterocycles. The second kappa shape index (κ2) is 7.29. The highest BCUT2D eigenvalue weighted by Gasteiger charge is 2.52. The molecule has 0 aromatic heterocycles. The molecule has 0 bridgehead atoms. The summed E-state index contributed by atoms with van der Waals surface area (Å²) in [5, 5.41) is 9.69. The Labute approximate surface area is 161 Å². The zero-order chi connectivity index (χ0) is 19.0. The van der Waals surface area contributed by atoms with E-state index >= 15 is 0 Å². The van der Waals surface area contributed by atoms with E-state index < -0.39 is 19.5 Å². The van der Waals surface area contributed by atoms with Crippen molar-refractivity contribution >= 4 is 30.0 Å². The average Bonchev–Trinajstić information content (AvgIpc) is 3.28. The summed E-state index contributed by atoms with van der Waals surface area (Å²) in [7, 11) is -1.84. The maximum atomic E-state index is 11.8. The lowest BCUT2D eigenvalue weighted by atomic mass is 9.92. The van der Waals surface area contributed by atoms with E-state index in [-0.39, 0.29) is 0 Å². The van der Waals surface area contributed by atoms with Gasteiger partial charge in [-0.1, -0.05) is 69.5 Å². The molecule has 0 spiro atoms. The highest BCUT2D eigenvalue weighted by atomic mass is 79.9. The summed E-state index contributed by atoms with van der Waals surface area (Å²) in [6.45, 7) is 13.8. The zero-order valence-corrected chi connectivity index (χ0v) is 18.7. The molecule has 1 aromatic rings. The number of benzene rings is 1. The highest BCUT2D eigenvalue weighted by Crippen LogP contribution is 2.50. The van der Waals surface area contributed by atoms with Gasteiger partial charge in [-0.05, 0) is 47.2 Å². The molecule has 0 unspecified atom stereocenters. The van der Waals surface area contributed by atoms with Crippen molar-refractivity contribution in [2.24, 2.45) is 0 Å². The van der Waals surface area contributed by atoms with Gasteiger partial charge in [-0.3, -0.25) is 4.79 Å². The Kier molecular flexibility index (Phi) is 5.91. The van der Waals surface area contributed by atoms with Gasteiger partial charge < -0.3 is 5.11 Å². The second-order valence-corrected chi connectivity index (χ2v) is 14.7. The van der Waals surface area contributed by atoms with Gasteiger partial charge in [-0.2, -0.15) is 0 Å². The van der Waals surface area contributed by atoms with E-state index in [1.165, 1.54) is 0 Å². The van der Waals surface area contributed by atoms with Crippen LogP contribution in [-0.2, 0) is 10.2 Å². The normalized spacial score (nSPS) is 16.1. The van der Waals surface area contributed by atoms with Crippen LogP contribution >= 0.6 is 15.9 Å². The zero-order valence-electron chi connectivity index (χ0n) is 16.1. The molecular formula is C21H29BrO2Si. The molecule has 0 amide bonds. The first-order chi connectivity index (χ1) is 11.6. The van der Waals surface area contributed by atoms with Crippen molar-refractivity contribution in [3.05, 3.63) is 33.8 Å². The number of aliphatic carboxylic acids is 1. The van der Waals surface area contributed by atoms with Gasteiger partial charge in [0.1, 0.15) is 8.07 Å². The fourth-order valence-electron chi connectivity index (χ4n) is 4.37. The van der Waals surface area contributed by atoms with Crippen molar-refractivity contribution < 1.29 is 9.90 Å². The smallest absolute Gasteiger partial charge is 0.314 e. The van der Waals surface area contributed by atoms with E-state index in [0.717, 1.165) is 15.6 Å². The van der Waals surface area contributed by atoms with E-state index in [9.17, 15) is 9.90 Å². The summed E-state index contributed by atoms with van der Waals surface area (Å²) < 4.78 is 0.952. The molecule has 1 aromatic carbocycles. The third-order valence-corrected chi connectivity index (χ3v) is 12.7. The van der Waals surface area contributed by atoms with Crippen LogP contribution in [0.5, 0.6) is 0 Å². The standard InChI is InChI=1S/C21H29BrO2Si/c1-14(2)25(15(3)4,16(5)6)12-9-17-13-18(22)7-8-19(17)21(10-11-21)20(23)24/h7-8,13-16H,10-11H2,1-6H3,(H,23,24). The van der Waals surface area contributed by atoms with Gasteiger partial charge in [0.05, 0.1) is 5.41 Å². The molecule has 1 N–H and O–H groups in total. The Morgan fingerprint density at radius 3 is 2.04 bits per heavy atom. The largest absolute Gasteiger partial charge is 0.481 e. The molecular weight excluding hydrogens is 392 g/mol. The molecule has 1 aliphatic rings. The molecule has 2 rings (SSSR count). The molecule has 1 saturated carbocycles. The number of halogens is 1. The summed E-state index contributed by atoms with van der Waals surface area (Å²) in [5.41, 5.74) is 6.46. The molecule has 1 aliphatic carbocycles. The van der Waals surface area contributed by atoms with Crippen LogP contribution in [0.1, 0.15) is 65.5 Å². The van der Waals surface area contributed by atoms with E-state index in [2.05, 4.69) is 68.9 Å². The average molecular weight is 421 g/mol. The summed E-state index contributed by atoms with van der Waals surface area (Å²) >= 11 is 3.52. The fraction of sp³-hybridized carbons (Fsp3) is 0.571. The van der Waals surface area contributed by atoms with E-state index in [4.69, 9.17) is 0 Å². The van der Waals surface area contributed by atoms with Crippen LogP contribution < -0.4 is 0 Å². The lowest BCUT2D eigenvalue weighted by Crippen LogP contribution is -2.43. The monoisotopic (exact) mass is 420 g/mol. The number of hydrogen-bond donors (Lipinski definition) is 1. The number of rotatable bonds is 5. The lowest BCUT2D eigenvalue weighted by molar-refractivity contribution is -0.140. The number of carbonyl (C=O) groups is 1. The molecule has 0 heterocycles. The summed E-state index contributed by atoms with van der Waals surface area (Å²) in [6, 6.07) is 5.87. The first kappa shape index (κ1) is 20.3. The van der Waals surface area contributed by atoms with Crippen LogP contribution in [0.15, 0.2) is 22.7 Å². The Hall–Kier alpha value is -1.05. The van der Waals surface area contributed by atoms with Crippen molar-refractivity contribution in [3.8, 4) is 11.5 Å². The van der Waals surface area contributed by atoms with Gasteiger partial charge in [0.25, 0.3) is 0 Å². The summed E-state index contributed by atoms with van der Waals surface area (Å²) in [5.74, 6) is 2.73. The van der Waals surface area contributed by atoms with Gasteiger partial charge in [-0.25, -0.2) is 0 Å². The van der Waals surface area contributed by atoms with Crippen molar-refractivity contribution in [2.75, 3.05) is 0 Å². The van der Waals surface area contributed by atoms with E-state index in [0.29, 0.717) is 29.5 Å². The van der Waals surface area contributed by atoms with Gasteiger partial charge in [0, 0.05) is 10.0 Å². The van der Waals surface area contributed by atoms with Gasteiger partial charge in [0.2, 0.25) is 0 Å². The first-order valence-electron chi connectivity index (χ1n) is 9.14.